The Kier molecular flexibility index (Phi) is 5.25. The summed E-state index contributed by atoms with van der Waals surface area (Å²) in [7, 11) is 1.38. The highest BCUT2D eigenvalue weighted by Gasteiger charge is 2.57. The first-order chi connectivity index (χ1) is 12.7. The molecule has 1 amide bonds. The summed E-state index contributed by atoms with van der Waals surface area (Å²) >= 11 is 0. The van der Waals surface area contributed by atoms with Crippen molar-refractivity contribution in [3.63, 3.8) is 0 Å². The van der Waals surface area contributed by atoms with Gasteiger partial charge in [0.05, 0.1) is 6.04 Å². The maximum absolute atomic E-state index is 13.5. The van der Waals surface area contributed by atoms with Gasteiger partial charge in [0.15, 0.2) is 0 Å². The SMILES string of the molecule is Cn1ccnc1[C@@](O)(CCNC(=O)[C@@H]1Cc2ccccc2CN1)C(F)(F)F. The summed E-state index contributed by atoms with van der Waals surface area (Å²) in [6.07, 6.45) is -2.66. The molecular weight excluding hydrogens is 361 g/mol. The first-order valence-electron chi connectivity index (χ1n) is 8.57. The summed E-state index contributed by atoms with van der Waals surface area (Å²) in [5.74, 6) is -0.900. The van der Waals surface area contributed by atoms with E-state index in [0.29, 0.717) is 13.0 Å². The molecule has 0 unspecified atom stereocenters. The van der Waals surface area contributed by atoms with E-state index >= 15 is 0 Å². The van der Waals surface area contributed by atoms with Crippen LogP contribution < -0.4 is 10.6 Å². The number of rotatable bonds is 5. The predicted octanol–water partition coefficient (Wildman–Crippen LogP) is 1.39. The van der Waals surface area contributed by atoms with Crippen LogP contribution in [-0.4, -0.2) is 39.3 Å². The molecule has 1 aliphatic rings. The minimum absolute atomic E-state index is 0.332. The Morgan fingerprint density at radius 2 is 2.07 bits per heavy atom. The van der Waals surface area contributed by atoms with Gasteiger partial charge in [0.1, 0.15) is 5.82 Å². The molecule has 0 aliphatic carbocycles. The van der Waals surface area contributed by atoms with E-state index in [1.165, 1.54) is 19.4 Å². The summed E-state index contributed by atoms with van der Waals surface area (Å²) in [6, 6.07) is 7.17. The van der Waals surface area contributed by atoms with Crippen LogP contribution in [0.3, 0.4) is 0 Å². The van der Waals surface area contributed by atoms with Crippen molar-refractivity contribution >= 4 is 5.91 Å². The van der Waals surface area contributed by atoms with Gasteiger partial charge in [0.25, 0.3) is 0 Å². The van der Waals surface area contributed by atoms with Crippen molar-refractivity contribution in [3.05, 3.63) is 53.6 Å². The van der Waals surface area contributed by atoms with Gasteiger partial charge in [0, 0.05) is 39.0 Å². The lowest BCUT2D eigenvalue weighted by Gasteiger charge is -2.30. The number of halogens is 3. The van der Waals surface area contributed by atoms with Crippen LogP contribution >= 0.6 is 0 Å². The zero-order valence-electron chi connectivity index (χ0n) is 14.8. The molecule has 0 saturated carbocycles. The molecule has 2 heterocycles. The first-order valence-corrected chi connectivity index (χ1v) is 8.57. The van der Waals surface area contributed by atoms with Crippen molar-refractivity contribution in [1.29, 1.82) is 0 Å². The Labute approximate surface area is 154 Å². The van der Waals surface area contributed by atoms with E-state index in [-0.39, 0.29) is 6.54 Å². The smallest absolute Gasteiger partial charge is 0.374 e. The van der Waals surface area contributed by atoms with Crippen LogP contribution in [0.25, 0.3) is 0 Å². The van der Waals surface area contributed by atoms with Crippen LogP contribution in [0.15, 0.2) is 36.7 Å². The third-order valence-electron chi connectivity index (χ3n) is 4.84. The summed E-state index contributed by atoms with van der Waals surface area (Å²) < 4.78 is 41.5. The maximum Gasteiger partial charge on any atom is 0.424 e. The first kappa shape index (κ1) is 19.4. The van der Waals surface area contributed by atoms with Gasteiger partial charge < -0.3 is 20.3 Å². The number of hydrogen-bond acceptors (Lipinski definition) is 4. The summed E-state index contributed by atoms with van der Waals surface area (Å²) in [4.78, 5) is 16.0. The molecule has 2 atom stereocenters. The lowest BCUT2D eigenvalue weighted by Crippen LogP contribution is -2.50. The number of amides is 1. The van der Waals surface area contributed by atoms with E-state index in [1.54, 1.807) is 0 Å². The highest BCUT2D eigenvalue weighted by atomic mass is 19.4. The van der Waals surface area contributed by atoms with Crippen LogP contribution in [0.2, 0.25) is 0 Å². The Bertz CT molecular complexity index is 821. The molecule has 1 aromatic heterocycles. The van der Waals surface area contributed by atoms with E-state index in [9.17, 15) is 23.1 Å². The van der Waals surface area contributed by atoms with Gasteiger partial charge in [-0.3, -0.25) is 4.79 Å². The molecule has 3 N–H and O–H groups in total. The topological polar surface area (TPSA) is 79.2 Å². The number of carbonyl (C=O) groups excluding carboxylic acids is 1. The molecule has 0 bridgehead atoms. The van der Waals surface area contributed by atoms with Gasteiger partial charge in [-0.05, 0) is 17.5 Å². The fourth-order valence-electron chi connectivity index (χ4n) is 3.27. The van der Waals surface area contributed by atoms with Crippen molar-refractivity contribution in [2.45, 2.75) is 37.2 Å². The Morgan fingerprint density at radius 1 is 1.37 bits per heavy atom. The van der Waals surface area contributed by atoms with Gasteiger partial charge in [-0.2, -0.15) is 13.2 Å². The van der Waals surface area contributed by atoms with Crippen LogP contribution in [0, 0.1) is 0 Å². The third-order valence-corrected chi connectivity index (χ3v) is 4.84. The van der Waals surface area contributed by atoms with Crippen molar-refractivity contribution < 1.29 is 23.1 Å². The van der Waals surface area contributed by atoms with Crippen LogP contribution in [0.4, 0.5) is 13.2 Å². The summed E-state index contributed by atoms with van der Waals surface area (Å²) in [6.45, 7) is 0.190. The number of carbonyl (C=O) groups is 1. The molecule has 0 spiro atoms. The van der Waals surface area contributed by atoms with Crippen molar-refractivity contribution in [1.82, 2.24) is 20.2 Å². The monoisotopic (exact) mass is 382 g/mol. The number of alkyl halides is 3. The number of aromatic nitrogens is 2. The van der Waals surface area contributed by atoms with Crippen molar-refractivity contribution in [2.75, 3.05) is 6.54 Å². The Hall–Kier alpha value is -2.39. The molecule has 1 aromatic carbocycles. The molecule has 0 saturated heterocycles. The lowest BCUT2D eigenvalue weighted by atomic mass is 9.95. The van der Waals surface area contributed by atoms with Crippen LogP contribution in [0.5, 0.6) is 0 Å². The fraction of sp³-hybridized carbons (Fsp3) is 0.444. The quantitative estimate of drug-likeness (QED) is 0.730. The van der Waals surface area contributed by atoms with E-state index in [2.05, 4.69) is 15.6 Å². The standard InChI is InChI=1S/C18H21F3N4O2/c1-25-9-8-23-16(25)17(27,18(19,20)21)6-7-22-15(26)14-10-12-4-2-3-5-13(12)11-24-14/h2-5,8-9,14,24,27H,6-7,10-11H2,1H3,(H,22,26)/t14-,17-/m0/s1. The van der Waals surface area contributed by atoms with Gasteiger partial charge in [-0.25, -0.2) is 4.98 Å². The molecule has 6 nitrogen and oxygen atoms in total. The van der Waals surface area contributed by atoms with Gasteiger partial charge in [-0.1, -0.05) is 24.3 Å². The van der Waals surface area contributed by atoms with Crippen molar-refractivity contribution in [2.24, 2.45) is 7.05 Å². The molecule has 0 fully saturated rings. The zero-order valence-corrected chi connectivity index (χ0v) is 14.8. The van der Waals surface area contributed by atoms with E-state index < -0.39 is 36.0 Å². The second kappa shape index (κ2) is 7.32. The zero-order chi connectivity index (χ0) is 19.7. The number of nitrogens with one attached hydrogen (secondary N) is 2. The van der Waals surface area contributed by atoms with Gasteiger partial charge >= 0.3 is 6.18 Å². The van der Waals surface area contributed by atoms with Gasteiger partial charge in [-0.15, -0.1) is 0 Å². The second-order valence-electron chi connectivity index (χ2n) is 6.67. The van der Waals surface area contributed by atoms with E-state index in [0.717, 1.165) is 15.7 Å². The minimum Gasteiger partial charge on any atom is -0.374 e. The fourth-order valence-corrected chi connectivity index (χ4v) is 3.27. The minimum atomic E-state index is -4.92. The third kappa shape index (κ3) is 3.84. The molecule has 9 heteroatoms. The number of imidazole rings is 1. The molecule has 146 valence electrons. The number of benzene rings is 1. The summed E-state index contributed by atoms with van der Waals surface area (Å²) in [5.41, 5.74) is -0.996. The maximum atomic E-state index is 13.5. The highest BCUT2D eigenvalue weighted by Crippen LogP contribution is 2.40. The number of hydrogen-bond donors (Lipinski definition) is 3. The number of aryl methyl sites for hydroxylation is 1. The average molecular weight is 382 g/mol. The number of fused-ring (bicyclic) bond motifs is 1. The Balaban J connectivity index is 1.63. The predicted molar refractivity (Wildman–Crippen MR) is 91.6 cm³/mol. The van der Waals surface area contributed by atoms with Gasteiger partial charge in [0.2, 0.25) is 11.5 Å². The summed E-state index contributed by atoms with van der Waals surface area (Å²) in [5, 5.41) is 15.8. The van der Waals surface area contributed by atoms with Crippen molar-refractivity contribution in [3.8, 4) is 0 Å². The largest absolute Gasteiger partial charge is 0.424 e. The molecule has 3 rings (SSSR count). The molecule has 0 radical (unpaired) electrons. The molecule has 27 heavy (non-hydrogen) atoms. The number of aliphatic hydroxyl groups is 1. The lowest BCUT2D eigenvalue weighted by molar-refractivity contribution is -0.272. The highest BCUT2D eigenvalue weighted by molar-refractivity contribution is 5.82. The molecular formula is C18H21F3N4O2. The second-order valence-corrected chi connectivity index (χ2v) is 6.67. The molecule has 1 aliphatic heterocycles. The van der Waals surface area contributed by atoms with E-state index in [4.69, 9.17) is 0 Å². The normalized spacial score (nSPS) is 19.2. The molecule has 2 aromatic rings. The van der Waals surface area contributed by atoms with E-state index in [1.807, 2.05) is 24.3 Å². The van der Waals surface area contributed by atoms with Crippen LogP contribution in [-0.2, 0) is 30.4 Å². The number of nitrogens with zero attached hydrogens (tertiary/aromatic N) is 2. The van der Waals surface area contributed by atoms with Crippen LogP contribution in [0.1, 0.15) is 23.4 Å². The Morgan fingerprint density at radius 3 is 2.70 bits per heavy atom. The average Bonchev–Trinajstić information content (AvgIpc) is 3.06.